The van der Waals surface area contributed by atoms with Gasteiger partial charge in [-0.05, 0) is 42.9 Å². The van der Waals surface area contributed by atoms with Gasteiger partial charge in [0.1, 0.15) is 0 Å². The molecule has 3 amide bonds. The molecule has 2 saturated heterocycles. The van der Waals surface area contributed by atoms with Gasteiger partial charge < -0.3 is 16.0 Å². The zero-order valence-electron chi connectivity index (χ0n) is 16.5. The minimum atomic E-state index is -0.649. The molecule has 1 atom stereocenters. The Kier molecular flexibility index (Phi) is 6.05. The molecule has 0 aromatic heterocycles. The van der Waals surface area contributed by atoms with Crippen LogP contribution in [0.1, 0.15) is 50.2 Å². The van der Waals surface area contributed by atoms with Gasteiger partial charge in [-0.1, -0.05) is 38.1 Å². The van der Waals surface area contributed by atoms with Crippen molar-refractivity contribution in [2.45, 2.75) is 45.6 Å². The summed E-state index contributed by atoms with van der Waals surface area (Å²) in [5.74, 6) is 0.524. The highest BCUT2D eigenvalue weighted by Crippen LogP contribution is 2.39. The van der Waals surface area contributed by atoms with Gasteiger partial charge in [-0.2, -0.15) is 0 Å². The molecule has 6 heteroatoms. The van der Waals surface area contributed by atoms with E-state index in [1.165, 1.54) is 24.0 Å². The zero-order chi connectivity index (χ0) is 19.4. The lowest BCUT2D eigenvalue weighted by Crippen LogP contribution is -2.46. The van der Waals surface area contributed by atoms with Crippen LogP contribution in [0.25, 0.3) is 0 Å². The van der Waals surface area contributed by atoms with Crippen molar-refractivity contribution < 1.29 is 9.59 Å². The summed E-state index contributed by atoms with van der Waals surface area (Å²) in [7, 11) is 0. The molecule has 3 rings (SSSR count). The first-order valence-corrected chi connectivity index (χ1v) is 9.99. The lowest BCUT2D eigenvalue weighted by molar-refractivity contribution is -0.129. The van der Waals surface area contributed by atoms with Crippen LogP contribution in [-0.2, 0) is 11.3 Å². The molecule has 0 saturated carbocycles. The second-order valence-electron chi connectivity index (χ2n) is 8.49. The molecule has 1 spiro atoms. The Bertz CT molecular complexity index is 673. The van der Waals surface area contributed by atoms with Gasteiger partial charge in [0, 0.05) is 31.6 Å². The van der Waals surface area contributed by atoms with E-state index in [0.717, 1.165) is 39.1 Å². The van der Waals surface area contributed by atoms with E-state index in [1.54, 1.807) is 0 Å². The number of benzene rings is 1. The molecule has 3 N–H and O–H groups in total. The van der Waals surface area contributed by atoms with Crippen LogP contribution in [0.15, 0.2) is 24.3 Å². The zero-order valence-corrected chi connectivity index (χ0v) is 16.5. The molecule has 0 unspecified atom stereocenters. The summed E-state index contributed by atoms with van der Waals surface area (Å²) in [5.41, 5.74) is 7.99. The first-order chi connectivity index (χ1) is 12.9. The van der Waals surface area contributed by atoms with Crippen molar-refractivity contribution >= 4 is 11.9 Å². The van der Waals surface area contributed by atoms with E-state index in [9.17, 15) is 9.59 Å². The monoisotopic (exact) mass is 372 g/mol. The summed E-state index contributed by atoms with van der Waals surface area (Å²) >= 11 is 0. The number of nitrogens with zero attached hydrogens (tertiary/aromatic N) is 2. The van der Waals surface area contributed by atoms with E-state index < -0.39 is 6.03 Å². The number of hydrogen-bond donors (Lipinski definition) is 2. The molecule has 2 fully saturated rings. The lowest BCUT2D eigenvalue weighted by atomic mass is 9.79. The number of primary amides is 1. The summed E-state index contributed by atoms with van der Waals surface area (Å²) < 4.78 is 0. The Morgan fingerprint density at radius 2 is 1.89 bits per heavy atom. The SMILES string of the molecule is CC(C)c1ccc(CN2CCC[C@]3(CCN(C(=O)CNC(N)=O)C3)C2)cc1. The average molecular weight is 373 g/mol. The predicted octanol–water partition coefficient (Wildman–Crippen LogP) is 2.29. The van der Waals surface area contributed by atoms with Crippen LogP contribution in [-0.4, -0.2) is 54.5 Å². The van der Waals surface area contributed by atoms with Crippen molar-refractivity contribution in [2.24, 2.45) is 11.1 Å². The van der Waals surface area contributed by atoms with E-state index >= 15 is 0 Å². The van der Waals surface area contributed by atoms with E-state index in [1.807, 2.05) is 4.90 Å². The number of carbonyl (C=O) groups is 2. The van der Waals surface area contributed by atoms with Crippen molar-refractivity contribution in [3.63, 3.8) is 0 Å². The maximum absolute atomic E-state index is 12.3. The van der Waals surface area contributed by atoms with E-state index in [0.29, 0.717) is 5.92 Å². The highest BCUT2D eigenvalue weighted by molar-refractivity contribution is 5.83. The maximum Gasteiger partial charge on any atom is 0.312 e. The number of nitrogens with two attached hydrogens (primary N) is 1. The number of amides is 3. The summed E-state index contributed by atoms with van der Waals surface area (Å²) in [5, 5.41) is 2.40. The predicted molar refractivity (Wildman–Crippen MR) is 106 cm³/mol. The number of hydrogen-bond acceptors (Lipinski definition) is 3. The van der Waals surface area contributed by atoms with Crippen molar-refractivity contribution in [1.29, 1.82) is 0 Å². The van der Waals surface area contributed by atoms with Gasteiger partial charge in [-0.3, -0.25) is 9.69 Å². The fourth-order valence-corrected chi connectivity index (χ4v) is 4.47. The molecular weight excluding hydrogens is 340 g/mol. The first kappa shape index (κ1) is 19.7. The molecular formula is C21H32N4O2. The van der Waals surface area contributed by atoms with Crippen molar-refractivity contribution in [3.8, 4) is 0 Å². The average Bonchev–Trinajstić information content (AvgIpc) is 3.03. The molecule has 0 bridgehead atoms. The number of rotatable bonds is 5. The maximum atomic E-state index is 12.3. The summed E-state index contributed by atoms with van der Waals surface area (Å²) in [6.07, 6.45) is 3.38. The highest BCUT2D eigenvalue weighted by atomic mass is 16.2. The van der Waals surface area contributed by atoms with Crippen LogP contribution in [0.3, 0.4) is 0 Å². The number of likely N-dealkylation sites (tertiary alicyclic amines) is 2. The van der Waals surface area contributed by atoms with Gasteiger partial charge >= 0.3 is 6.03 Å². The number of piperidine rings is 1. The van der Waals surface area contributed by atoms with Gasteiger partial charge in [0.05, 0.1) is 6.54 Å². The summed E-state index contributed by atoms with van der Waals surface area (Å²) in [6.45, 7) is 9.11. The number of nitrogens with one attached hydrogen (secondary N) is 1. The normalized spacial score (nSPS) is 23.1. The van der Waals surface area contributed by atoms with Crippen LogP contribution in [0.5, 0.6) is 0 Å². The van der Waals surface area contributed by atoms with Crippen molar-refractivity contribution in [3.05, 3.63) is 35.4 Å². The van der Waals surface area contributed by atoms with Crippen molar-refractivity contribution in [2.75, 3.05) is 32.7 Å². The number of urea groups is 1. The Labute approximate surface area is 162 Å². The van der Waals surface area contributed by atoms with Gasteiger partial charge in [0.2, 0.25) is 5.91 Å². The molecule has 2 heterocycles. The van der Waals surface area contributed by atoms with Crippen LogP contribution >= 0.6 is 0 Å². The molecule has 0 aliphatic carbocycles. The molecule has 148 valence electrons. The minimum absolute atomic E-state index is 0.00265. The third kappa shape index (κ3) is 5.01. The van der Waals surface area contributed by atoms with Gasteiger partial charge in [0.25, 0.3) is 0 Å². The standard InChI is InChI=1S/C21H32N4O2/c1-16(2)18-6-4-17(5-7-18)13-24-10-3-8-21(14-24)9-11-25(15-21)19(26)12-23-20(22)27/h4-7,16H,3,8-15H2,1-2H3,(H3,22,23,27)/t21-/m0/s1. The third-order valence-electron chi connectivity index (χ3n) is 6.00. The lowest BCUT2D eigenvalue weighted by Gasteiger charge is -2.40. The Morgan fingerprint density at radius 1 is 1.15 bits per heavy atom. The Hall–Kier alpha value is -2.08. The van der Waals surface area contributed by atoms with E-state index in [-0.39, 0.29) is 17.9 Å². The molecule has 2 aliphatic heterocycles. The van der Waals surface area contributed by atoms with Gasteiger partial charge in [0.15, 0.2) is 0 Å². The smallest absolute Gasteiger partial charge is 0.312 e. The molecule has 0 radical (unpaired) electrons. The molecule has 1 aromatic rings. The van der Waals surface area contributed by atoms with E-state index in [4.69, 9.17) is 5.73 Å². The molecule has 27 heavy (non-hydrogen) atoms. The summed E-state index contributed by atoms with van der Waals surface area (Å²) in [6, 6.07) is 8.32. The Morgan fingerprint density at radius 3 is 2.56 bits per heavy atom. The topological polar surface area (TPSA) is 78.7 Å². The van der Waals surface area contributed by atoms with Crippen LogP contribution in [0, 0.1) is 5.41 Å². The summed E-state index contributed by atoms with van der Waals surface area (Å²) in [4.78, 5) is 27.5. The minimum Gasteiger partial charge on any atom is -0.352 e. The quantitative estimate of drug-likeness (QED) is 0.832. The van der Waals surface area contributed by atoms with Crippen LogP contribution in [0.4, 0.5) is 4.79 Å². The Balaban J connectivity index is 1.56. The highest BCUT2D eigenvalue weighted by Gasteiger charge is 2.42. The van der Waals surface area contributed by atoms with Crippen molar-refractivity contribution in [1.82, 2.24) is 15.1 Å². The van der Waals surface area contributed by atoms with Crippen LogP contribution < -0.4 is 11.1 Å². The fourth-order valence-electron chi connectivity index (χ4n) is 4.47. The van der Waals surface area contributed by atoms with E-state index in [2.05, 4.69) is 48.3 Å². The second-order valence-corrected chi connectivity index (χ2v) is 8.49. The molecule has 1 aromatic carbocycles. The second kappa shape index (κ2) is 8.30. The molecule has 2 aliphatic rings. The fraction of sp³-hybridized carbons (Fsp3) is 0.619. The van der Waals surface area contributed by atoms with Crippen LogP contribution in [0.2, 0.25) is 0 Å². The van der Waals surface area contributed by atoms with Gasteiger partial charge in [-0.15, -0.1) is 0 Å². The number of carbonyl (C=O) groups excluding carboxylic acids is 2. The molecule has 6 nitrogen and oxygen atoms in total. The largest absolute Gasteiger partial charge is 0.352 e. The third-order valence-corrected chi connectivity index (χ3v) is 6.00. The van der Waals surface area contributed by atoms with Gasteiger partial charge in [-0.25, -0.2) is 4.79 Å². The first-order valence-electron chi connectivity index (χ1n) is 9.99.